The predicted molar refractivity (Wildman–Crippen MR) is 48.3 cm³/mol. The number of aliphatic imine (C=N–C) groups is 1. The quantitative estimate of drug-likeness (QED) is 0.622. The Hall–Kier alpha value is -1.98. The van der Waals surface area contributed by atoms with Crippen molar-refractivity contribution < 1.29 is 0 Å². The van der Waals surface area contributed by atoms with Crippen LogP contribution < -0.4 is 5.56 Å². The average molecular weight is 177 g/mol. The van der Waals surface area contributed by atoms with E-state index in [0.717, 1.165) is 0 Å². The highest BCUT2D eigenvalue weighted by Gasteiger charge is 2.06. The third-order valence-corrected chi connectivity index (χ3v) is 1.74. The molecule has 2 heterocycles. The number of hydrogen-bond acceptors (Lipinski definition) is 4. The van der Waals surface area contributed by atoms with Crippen molar-refractivity contribution in [3.05, 3.63) is 16.6 Å². The first kappa shape index (κ1) is 7.66. The van der Waals surface area contributed by atoms with E-state index >= 15 is 0 Å². The molecule has 66 valence electrons. The Morgan fingerprint density at radius 2 is 2.46 bits per heavy atom. The molecular weight excluding hydrogens is 170 g/mol. The summed E-state index contributed by atoms with van der Waals surface area (Å²) in [5, 5.41) is 3.90. The van der Waals surface area contributed by atoms with E-state index in [-0.39, 0.29) is 11.5 Å². The summed E-state index contributed by atoms with van der Waals surface area (Å²) < 4.78 is 1.47. The molecule has 0 unspecified atom stereocenters. The molecule has 0 saturated heterocycles. The van der Waals surface area contributed by atoms with Crippen molar-refractivity contribution >= 4 is 23.7 Å². The van der Waals surface area contributed by atoms with E-state index < -0.39 is 0 Å². The van der Waals surface area contributed by atoms with Gasteiger partial charge < -0.3 is 0 Å². The molecule has 0 aliphatic carbocycles. The number of nitrogens with one attached hydrogen (secondary N) is 1. The van der Waals surface area contributed by atoms with Crippen LogP contribution in [-0.2, 0) is 7.05 Å². The lowest BCUT2D eigenvalue weighted by Crippen LogP contribution is -2.10. The largest absolute Gasteiger partial charge is 0.289 e. The monoisotopic (exact) mass is 177 g/mol. The van der Waals surface area contributed by atoms with Crippen LogP contribution >= 0.6 is 0 Å². The summed E-state index contributed by atoms with van der Waals surface area (Å²) >= 11 is 0. The summed E-state index contributed by atoms with van der Waals surface area (Å²) in [5.41, 5.74) is 0.702. The molecule has 1 N–H and O–H groups in total. The topological polar surface area (TPSA) is 75.9 Å². The molecule has 2 rings (SSSR count). The van der Waals surface area contributed by atoms with Crippen molar-refractivity contribution in [1.82, 2.24) is 19.7 Å². The fraction of sp³-hybridized carbons (Fsp3) is 0.143. The molecule has 6 nitrogen and oxygen atoms in total. The summed E-state index contributed by atoms with van der Waals surface area (Å²) in [5.74, 6) is 0.213. The highest BCUT2D eigenvalue weighted by molar-refractivity contribution is 5.73. The maximum absolute atomic E-state index is 11.4. The Bertz CT molecular complexity index is 523. The second-order valence-corrected chi connectivity index (χ2v) is 2.55. The Labute approximate surface area is 72.9 Å². The van der Waals surface area contributed by atoms with Crippen LogP contribution in [0.25, 0.3) is 11.0 Å². The van der Waals surface area contributed by atoms with Crippen LogP contribution in [0.4, 0.5) is 5.95 Å². The van der Waals surface area contributed by atoms with Crippen LogP contribution in [-0.4, -0.2) is 26.5 Å². The van der Waals surface area contributed by atoms with Crippen molar-refractivity contribution in [1.29, 1.82) is 0 Å². The number of rotatable bonds is 1. The number of H-pyrrole nitrogens is 1. The number of nitrogens with zero attached hydrogens (tertiary/aromatic N) is 4. The van der Waals surface area contributed by atoms with Gasteiger partial charge in [-0.15, -0.1) is 0 Å². The molecule has 0 atom stereocenters. The number of aryl methyl sites for hydroxylation is 1. The molecule has 0 bridgehead atoms. The summed E-state index contributed by atoms with van der Waals surface area (Å²) in [6.07, 6.45) is 1.51. The first-order valence-electron chi connectivity index (χ1n) is 3.61. The summed E-state index contributed by atoms with van der Waals surface area (Å²) in [7, 11) is 1.68. The van der Waals surface area contributed by atoms with E-state index in [9.17, 15) is 4.79 Å². The lowest BCUT2D eigenvalue weighted by Gasteiger charge is -1.93. The molecule has 0 spiro atoms. The Morgan fingerprint density at radius 3 is 3.15 bits per heavy atom. The lowest BCUT2D eigenvalue weighted by molar-refractivity contribution is 0.792. The fourth-order valence-electron chi connectivity index (χ4n) is 1.15. The Balaban J connectivity index is 2.95. The Morgan fingerprint density at radius 1 is 1.69 bits per heavy atom. The number of hydrogen-bond donors (Lipinski definition) is 1. The zero-order chi connectivity index (χ0) is 9.42. The van der Waals surface area contributed by atoms with Gasteiger partial charge in [0.05, 0.1) is 6.20 Å². The molecule has 0 aliphatic rings. The second kappa shape index (κ2) is 2.51. The molecule has 0 fully saturated rings. The second-order valence-electron chi connectivity index (χ2n) is 2.55. The highest BCUT2D eigenvalue weighted by atomic mass is 16.1. The van der Waals surface area contributed by atoms with Gasteiger partial charge in [0, 0.05) is 7.05 Å². The Kier molecular flexibility index (Phi) is 1.48. The van der Waals surface area contributed by atoms with Crippen LogP contribution in [0.3, 0.4) is 0 Å². The molecule has 2 aromatic heterocycles. The maximum atomic E-state index is 11.4. The van der Waals surface area contributed by atoms with Gasteiger partial charge in [0.15, 0.2) is 5.52 Å². The van der Waals surface area contributed by atoms with Gasteiger partial charge in [-0.05, 0) is 6.72 Å². The third-order valence-electron chi connectivity index (χ3n) is 1.74. The number of fused-ring (bicyclic) bond motifs is 1. The third kappa shape index (κ3) is 1.03. The lowest BCUT2D eigenvalue weighted by atomic mass is 10.5. The van der Waals surface area contributed by atoms with Gasteiger partial charge in [-0.25, -0.2) is 9.98 Å². The first-order chi connectivity index (χ1) is 6.22. The van der Waals surface area contributed by atoms with Crippen LogP contribution in [0.15, 0.2) is 16.0 Å². The van der Waals surface area contributed by atoms with Crippen LogP contribution in [0.5, 0.6) is 0 Å². The van der Waals surface area contributed by atoms with Crippen molar-refractivity contribution in [3.63, 3.8) is 0 Å². The van der Waals surface area contributed by atoms with E-state index in [1.807, 2.05) is 0 Å². The predicted octanol–water partition coefficient (Wildman–Crippen LogP) is -0.0113. The molecule has 0 saturated carbocycles. The van der Waals surface area contributed by atoms with E-state index in [2.05, 4.69) is 26.8 Å². The summed E-state index contributed by atoms with van der Waals surface area (Å²) in [6, 6.07) is 0. The molecule has 2 aromatic rings. The minimum atomic E-state index is -0.257. The molecule has 6 heteroatoms. The van der Waals surface area contributed by atoms with Gasteiger partial charge in [-0.1, -0.05) is 0 Å². The van der Waals surface area contributed by atoms with Crippen molar-refractivity contribution in [3.8, 4) is 0 Å². The van der Waals surface area contributed by atoms with Crippen molar-refractivity contribution in [2.75, 3.05) is 0 Å². The molecular formula is C7H7N5O. The van der Waals surface area contributed by atoms with Gasteiger partial charge in [-0.2, -0.15) is 5.10 Å². The van der Waals surface area contributed by atoms with Crippen molar-refractivity contribution in [2.45, 2.75) is 0 Å². The van der Waals surface area contributed by atoms with Gasteiger partial charge in [0.1, 0.15) is 5.52 Å². The van der Waals surface area contributed by atoms with E-state index in [1.54, 1.807) is 7.05 Å². The number of aromatic nitrogens is 4. The first-order valence-corrected chi connectivity index (χ1v) is 3.61. The minimum absolute atomic E-state index is 0.213. The minimum Gasteiger partial charge on any atom is -0.289 e. The van der Waals surface area contributed by atoms with Crippen molar-refractivity contribution in [2.24, 2.45) is 12.0 Å². The maximum Gasteiger partial charge on any atom is 0.278 e. The average Bonchev–Trinajstić information content (AvgIpc) is 2.48. The fourth-order valence-corrected chi connectivity index (χ4v) is 1.15. The van der Waals surface area contributed by atoms with E-state index in [1.165, 1.54) is 10.9 Å². The normalized spacial score (nSPS) is 10.5. The van der Waals surface area contributed by atoms with Crippen LogP contribution in [0, 0.1) is 0 Å². The summed E-state index contributed by atoms with van der Waals surface area (Å²) in [6.45, 7) is 3.28. The van der Waals surface area contributed by atoms with Crippen LogP contribution in [0.2, 0.25) is 0 Å². The van der Waals surface area contributed by atoms with Crippen LogP contribution in [0.1, 0.15) is 0 Å². The molecule has 0 aromatic carbocycles. The van der Waals surface area contributed by atoms with Gasteiger partial charge >= 0.3 is 0 Å². The smallest absolute Gasteiger partial charge is 0.278 e. The molecule has 0 amide bonds. The van der Waals surface area contributed by atoms with E-state index in [4.69, 9.17) is 0 Å². The van der Waals surface area contributed by atoms with Gasteiger partial charge in [0.2, 0.25) is 5.95 Å². The molecule has 0 aliphatic heterocycles. The number of aromatic amines is 1. The highest BCUT2D eigenvalue weighted by Crippen LogP contribution is 2.07. The van der Waals surface area contributed by atoms with E-state index in [0.29, 0.717) is 11.0 Å². The SMILES string of the molecule is C=Nc1nc2cnn(C)c2c(=O)[nH]1. The standard InChI is InChI=1S/C7H7N5O/c1-8-7-10-4-3-9-12(2)5(4)6(13)11-7/h3H,1H2,2H3,(H,10,11,13). The zero-order valence-corrected chi connectivity index (χ0v) is 6.98. The zero-order valence-electron chi connectivity index (χ0n) is 6.98. The van der Waals surface area contributed by atoms with Gasteiger partial charge in [-0.3, -0.25) is 14.5 Å². The molecule has 0 radical (unpaired) electrons. The summed E-state index contributed by atoms with van der Waals surface area (Å²) in [4.78, 5) is 21.4. The van der Waals surface area contributed by atoms with Gasteiger partial charge in [0.25, 0.3) is 5.56 Å². The molecule has 13 heavy (non-hydrogen) atoms.